The predicted octanol–water partition coefficient (Wildman–Crippen LogP) is 6.84. The zero-order valence-electron chi connectivity index (χ0n) is 13.5. The van der Waals surface area contributed by atoms with E-state index in [0.29, 0.717) is 0 Å². The molecule has 0 aromatic rings. The van der Waals surface area contributed by atoms with Crippen molar-refractivity contribution in [3.63, 3.8) is 0 Å². The second-order valence-electron chi connectivity index (χ2n) is 5.21. The second-order valence-corrected chi connectivity index (χ2v) is 5.21. The molecule has 0 nitrogen and oxygen atoms in total. The summed E-state index contributed by atoms with van der Waals surface area (Å²) in [4.78, 5) is 0. The third-order valence-electron chi connectivity index (χ3n) is 3.78. The Hall–Kier alpha value is 0. The molecule has 0 heteroatoms. The van der Waals surface area contributed by atoms with Gasteiger partial charge in [0.15, 0.2) is 0 Å². The zero-order chi connectivity index (χ0) is 13.5. The van der Waals surface area contributed by atoms with Crippen LogP contribution in [0.25, 0.3) is 0 Å². The summed E-state index contributed by atoms with van der Waals surface area (Å²) in [6.45, 7) is 13.1. The van der Waals surface area contributed by atoms with Gasteiger partial charge in [-0.1, -0.05) is 99.3 Å². The molecule has 0 N–H and O–H groups in total. The number of hydrogen-bond acceptors (Lipinski definition) is 0. The Kier molecular flexibility index (Phi) is 18.2. The summed E-state index contributed by atoms with van der Waals surface area (Å²) < 4.78 is 0. The molecule has 0 amide bonds. The van der Waals surface area contributed by atoms with Crippen LogP contribution in [0.5, 0.6) is 0 Å². The molecular formula is C17H38. The zero-order valence-corrected chi connectivity index (χ0v) is 13.5. The first-order valence-corrected chi connectivity index (χ1v) is 8.24. The van der Waals surface area contributed by atoms with E-state index in [-0.39, 0.29) is 0 Å². The van der Waals surface area contributed by atoms with Crippen molar-refractivity contribution in [1.82, 2.24) is 0 Å². The van der Waals surface area contributed by atoms with Crippen LogP contribution in [0.1, 0.15) is 99.3 Å². The van der Waals surface area contributed by atoms with Crippen LogP contribution >= 0.6 is 0 Å². The van der Waals surface area contributed by atoms with E-state index < -0.39 is 0 Å². The van der Waals surface area contributed by atoms with Gasteiger partial charge in [0, 0.05) is 0 Å². The van der Waals surface area contributed by atoms with Crippen LogP contribution in [0.3, 0.4) is 0 Å². The number of hydrogen-bond donors (Lipinski definition) is 0. The molecule has 1 fully saturated rings. The van der Waals surface area contributed by atoms with Crippen molar-refractivity contribution in [1.29, 1.82) is 0 Å². The summed E-state index contributed by atoms with van der Waals surface area (Å²) >= 11 is 0. The molecule has 1 aliphatic rings. The minimum Gasteiger partial charge on any atom is -0.0683 e. The second kappa shape index (κ2) is 16.0. The van der Waals surface area contributed by atoms with Crippen LogP contribution in [0, 0.1) is 11.8 Å². The van der Waals surface area contributed by atoms with E-state index in [0.717, 1.165) is 11.8 Å². The molecule has 1 unspecified atom stereocenters. The van der Waals surface area contributed by atoms with Crippen molar-refractivity contribution in [2.45, 2.75) is 99.3 Å². The van der Waals surface area contributed by atoms with Gasteiger partial charge in [0.05, 0.1) is 0 Å². The van der Waals surface area contributed by atoms with E-state index in [4.69, 9.17) is 0 Å². The van der Waals surface area contributed by atoms with Gasteiger partial charge in [-0.25, -0.2) is 0 Å². The number of rotatable bonds is 4. The average molecular weight is 242 g/mol. The fourth-order valence-corrected chi connectivity index (χ4v) is 2.29. The minimum atomic E-state index is 0.949. The highest BCUT2D eigenvalue weighted by atomic mass is 14.2. The highest BCUT2D eigenvalue weighted by molar-refractivity contribution is 4.63. The molecule has 17 heavy (non-hydrogen) atoms. The lowest BCUT2D eigenvalue weighted by Crippen LogP contribution is -2.03. The van der Waals surface area contributed by atoms with Crippen molar-refractivity contribution in [3.8, 4) is 0 Å². The molecule has 106 valence electrons. The van der Waals surface area contributed by atoms with Crippen LogP contribution in [-0.2, 0) is 0 Å². The van der Waals surface area contributed by atoms with Gasteiger partial charge in [0.25, 0.3) is 0 Å². The topological polar surface area (TPSA) is 0 Å². The Morgan fingerprint density at radius 2 is 1.47 bits per heavy atom. The molecule has 1 aliphatic carbocycles. The monoisotopic (exact) mass is 242 g/mol. The third-order valence-corrected chi connectivity index (χ3v) is 3.78. The summed E-state index contributed by atoms with van der Waals surface area (Å²) in [5, 5.41) is 0. The quantitative estimate of drug-likeness (QED) is 0.506. The Balaban J connectivity index is 0. The summed E-state index contributed by atoms with van der Waals surface area (Å²) in [7, 11) is 0. The van der Waals surface area contributed by atoms with E-state index in [1.807, 2.05) is 13.8 Å². The van der Waals surface area contributed by atoms with Gasteiger partial charge in [-0.2, -0.15) is 0 Å². The molecule has 0 heterocycles. The Labute approximate surface area is 112 Å². The lowest BCUT2D eigenvalue weighted by molar-refractivity contribution is 0.349. The first-order chi connectivity index (χ1) is 8.24. The molecule has 0 aliphatic heterocycles. The van der Waals surface area contributed by atoms with Crippen LogP contribution in [0.15, 0.2) is 0 Å². The first-order valence-electron chi connectivity index (χ1n) is 8.24. The summed E-state index contributed by atoms with van der Waals surface area (Å²) in [5.41, 5.74) is 0. The van der Waals surface area contributed by atoms with Crippen molar-refractivity contribution < 1.29 is 0 Å². The maximum absolute atomic E-state index is 2.32. The van der Waals surface area contributed by atoms with Crippen LogP contribution in [-0.4, -0.2) is 0 Å². The van der Waals surface area contributed by atoms with Crippen molar-refractivity contribution in [2.75, 3.05) is 0 Å². The Bertz CT molecular complexity index is 111. The van der Waals surface area contributed by atoms with Gasteiger partial charge < -0.3 is 0 Å². The lowest BCUT2D eigenvalue weighted by atomic mass is 9.88. The molecule has 1 atom stereocenters. The van der Waals surface area contributed by atoms with Gasteiger partial charge in [-0.15, -0.1) is 0 Å². The third kappa shape index (κ3) is 13.9. The Morgan fingerprint density at radius 3 is 1.71 bits per heavy atom. The molecule has 0 aromatic heterocycles. The standard InChI is InChI=1S/C8H16.C7H16.C2H6/c1-2-8-6-4-3-5-7-8;1-4-6-7(3)5-2;1-2/h8H,2-7H2,1H3;7H,4-6H2,1-3H3;1-2H3. The van der Waals surface area contributed by atoms with Gasteiger partial charge in [-0.3, -0.25) is 0 Å². The molecule has 1 rings (SSSR count). The fraction of sp³-hybridized carbons (Fsp3) is 1.00. The smallest absolute Gasteiger partial charge is 0.0417 e. The SMILES string of the molecule is CC.CCC1CCCCC1.CCCC(C)CC. The predicted molar refractivity (Wildman–Crippen MR) is 82.6 cm³/mol. The van der Waals surface area contributed by atoms with E-state index >= 15 is 0 Å². The minimum absolute atomic E-state index is 0.949. The van der Waals surface area contributed by atoms with Gasteiger partial charge >= 0.3 is 0 Å². The molecule has 1 saturated carbocycles. The average Bonchev–Trinajstić information content (AvgIpc) is 2.43. The highest BCUT2D eigenvalue weighted by Crippen LogP contribution is 2.25. The van der Waals surface area contributed by atoms with E-state index in [1.54, 1.807) is 0 Å². The Morgan fingerprint density at radius 1 is 0.941 bits per heavy atom. The molecule has 0 bridgehead atoms. The van der Waals surface area contributed by atoms with E-state index in [9.17, 15) is 0 Å². The van der Waals surface area contributed by atoms with Gasteiger partial charge in [0.1, 0.15) is 0 Å². The molecule has 0 radical (unpaired) electrons. The summed E-state index contributed by atoms with van der Waals surface area (Å²) in [6.07, 6.45) is 13.0. The lowest BCUT2D eigenvalue weighted by Gasteiger charge is -2.18. The summed E-state index contributed by atoms with van der Waals surface area (Å²) in [6, 6.07) is 0. The van der Waals surface area contributed by atoms with Crippen molar-refractivity contribution in [2.24, 2.45) is 11.8 Å². The van der Waals surface area contributed by atoms with Crippen molar-refractivity contribution in [3.05, 3.63) is 0 Å². The summed E-state index contributed by atoms with van der Waals surface area (Å²) in [5.74, 6) is 2.04. The van der Waals surface area contributed by atoms with Gasteiger partial charge in [0.2, 0.25) is 0 Å². The largest absolute Gasteiger partial charge is 0.0683 e. The molecular weight excluding hydrogens is 204 g/mol. The molecule has 0 spiro atoms. The van der Waals surface area contributed by atoms with Gasteiger partial charge in [-0.05, 0) is 11.8 Å². The van der Waals surface area contributed by atoms with Crippen LogP contribution < -0.4 is 0 Å². The first kappa shape index (κ1) is 19.3. The molecule has 0 aromatic carbocycles. The fourth-order valence-electron chi connectivity index (χ4n) is 2.29. The van der Waals surface area contributed by atoms with Crippen molar-refractivity contribution >= 4 is 0 Å². The molecule has 0 saturated heterocycles. The van der Waals surface area contributed by atoms with E-state index in [2.05, 4.69) is 27.7 Å². The van der Waals surface area contributed by atoms with Crippen LogP contribution in [0.2, 0.25) is 0 Å². The highest BCUT2D eigenvalue weighted by Gasteiger charge is 2.09. The maximum Gasteiger partial charge on any atom is -0.0417 e. The van der Waals surface area contributed by atoms with E-state index in [1.165, 1.54) is 57.8 Å². The maximum atomic E-state index is 2.32. The normalized spacial score (nSPS) is 17.3. The van der Waals surface area contributed by atoms with Crippen LogP contribution in [0.4, 0.5) is 0 Å².